The molecule has 1 saturated heterocycles. The molecule has 6 nitrogen and oxygen atoms in total. The van der Waals surface area contributed by atoms with Crippen LogP contribution in [0.2, 0.25) is 0 Å². The standard InChI is InChI=1S/C19H26N4O2S/c1-14-11-15(2)19(16(3)12-14)26(24,25)21-17-5-6-18(20-13-17)23-9-7-22(4)8-10-23/h5-6,11-13,21H,7-10H2,1-4H3. The van der Waals surface area contributed by atoms with Gasteiger partial charge in [-0.2, -0.15) is 0 Å². The van der Waals surface area contributed by atoms with Crippen LogP contribution in [0.3, 0.4) is 0 Å². The van der Waals surface area contributed by atoms with Crippen LogP contribution in [0.25, 0.3) is 0 Å². The molecule has 0 atom stereocenters. The molecule has 1 aromatic heterocycles. The van der Waals surface area contributed by atoms with Crippen molar-refractivity contribution in [3.63, 3.8) is 0 Å². The van der Waals surface area contributed by atoms with Crippen LogP contribution in [-0.2, 0) is 10.0 Å². The lowest BCUT2D eigenvalue weighted by Gasteiger charge is -2.33. The zero-order chi connectivity index (χ0) is 18.9. The lowest BCUT2D eigenvalue weighted by atomic mass is 10.1. The van der Waals surface area contributed by atoms with Crippen molar-refractivity contribution in [2.45, 2.75) is 25.7 Å². The van der Waals surface area contributed by atoms with Crippen LogP contribution in [0.1, 0.15) is 16.7 Å². The number of pyridine rings is 1. The third-order valence-electron chi connectivity index (χ3n) is 4.70. The third-order valence-corrected chi connectivity index (χ3v) is 6.39. The van der Waals surface area contributed by atoms with Gasteiger partial charge < -0.3 is 9.80 Å². The predicted octanol–water partition coefficient (Wildman–Crippen LogP) is 2.56. The van der Waals surface area contributed by atoms with Crippen molar-refractivity contribution in [3.05, 3.63) is 47.2 Å². The summed E-state index contributed by atoms with van der Waals surface area (Å²) in [5.41, 5.74) is 3.02. The van der Waals surface area contributed by atoms with Crippen LogP contribution in [-0.4, -0.2) is 51.5 Å². The molecule has 1 fully saturated rings. The van der Waals surface area contributed by atoms with E-state index >= 15 is 0 Å². The van der Waals surface area contributed by atoms with Crippen molar-refractivity contribution in [1.82, 2.24) is 9.88 Å². The van der Waals surface area contributed by atoms with Crippen molar-refractivity contribution in [1.29, 1.82) is 0 Å². The number of hydrogen-bond acceptors (Lipinski definition) is 5. The maximum atomic E-state index is 12.8. The molecule has 1 N–H and O–H groups in total. The summed E-state index contributed by atoms with van der Waals surface area (Å²) >= 11 is 0. The SMILES string of the molecule is Cc1cc(C)c(S(=O)(=O)Nc2ccc(N3CCN(C)CC3)nc2)c(C)c1. The number of likely N-dealkylation sites (N-methyl/N-ethyl adjacent to an activating group) is 1. The highest BCUT2D eigenvalue weighted by Crippen LogP contribution is 2.25. The Hall–Kier alpha value is -2.12. The van der Waals surface area contributed by atoms with Crippen molar-refractivity contribution >= 4 is 21.5 Å². The van der Waals surface area contributed by atoms with Crippen LogP contribution >= 0.6 is 0 Å². The van der Waals surface area contributed by atoms with Gasteiger partial charge in [0.1, 0.15) is 5.82 Å². The molecule has 7 heteroatoms. The minimum absolute atomic E-state index is 0.339. The number of hydrogen-bond donors (Lipinski definition) is 1. The van der Waals surface area contributed by atoms with Gasteiger partial charge in [-0.15, -0.1) is 0 Å². The quantitative estimate of drug-likeness (QED) is 0.891. The number of nitrogens with one attached hydrogen (secondary N) is 1. The smallest absolute Gasteiger partial charge is 0.262 e. The third kappa shape index (κ3) is 3.99. The molecule has 1 aliphatic heterocycles. The average molecular weight is 375 g/mol. The monoisotopic (exact) mass is 374 g/mol. The molecule has 0 radical (unpaired) electrons. The van der Waals surface area contributed by atoms with Gasteiger partial charge in [0.2, 0.25) is 0 Å². The lowest BCUT2D eigenvalue weighted by Crippen LogP contribution is -2.44. The Bertz CT molecular complexity index is 863. The Morgan fingerprint density at radius 3 is 2.15 bits per heavy atom. The molecular formula is C19H26N4O2S. The van der Waals surface area contributed by atoms with Crippen molar-refractivity contribution in [3.8, 4) is 0 Å². The molecule has 0 aliphatic carbocycles. The van der Waals surface area contributed by atoms with E-state index in [0.717, 1.165) is 48.7 Å². The Morgan fingerprint density at radius 2 is 1.62 bits per heavy atom. The lowest BCUT2D eigenvalue weighted by molar-refractivity contribution is 0.312. The Kier molecular flexibility index (Phi) is 5.20. The van der Waals surface area contributed by atoms with E-state index in [1.165, 1.54) is 0 Å². The highest BCUT2D eigenvalue weighted by atomic mass is 32.2. The van der Waals surface area contributed by atoms with Gasteiger partial charge >= 0.3 is 0 Å². The van der Waals surface area contributed by atoms with E-state index in [0.29, 0.717) is 10.6 Å². The van der Waals surface area contributed by atoms with E-state index in [2.05, 4.69) is 26.6 Å². The molecule has 2 aromatic rings. The van der Waals surface area contributed by atoms with Crippen LogP contribution in [0.15, 0.2) is 35.4 Å². The number of nitrogens with zero attached hydrogens (tertiary/aromatic N) is 3. The molecule has 1 aromatic carbocycles. The van der Waals surface area contributed by atoms with Gasteiger partial charge in [-0.3, -0.25) is 4.72 Å². The second kappa shape index (κ2) is 7.25. The topological polar surface area (TPSA) is 65.5 Å². The number of piperazine rings is 1. The molecule has 3 rings (SSSR count). The number of sulfonamides is 1. The van der Waals surface area contributed by atoms with Crippen LogP contribution in [0.4, 0.5) is 11.5 Å². The number of aromatic nitrogens is 1. The minimum atomic E-state index is -3.65. The van der Waals surface area contributed by atoms with E-state index in [1.54, 1.807) is 12.3 Å². The first-order valence-electron chi connectivity index (χ1n) is 8.76. The zero-order valence-electron chi connectivity index (χ0n) is 15.8. The fourth-order valence-electron chi connectivity index (χ4n) is 3.47. The predicted molar refractivity (Wildman–Crippen MR) is 105 cm³/mol. The first-order valence-corrected chi connectivity index (χ1v) is 10.2. The van der Waals surface area contributed by atoms with Gasteiger partial charge in [-0.05, 0) is 51.1 Å². The maximum Gasteiger partial charge on any atom is 0.262 e. The molecule has 2 heterocycles. The summed E-state index contributed by atoms with van der Waals surface area (Å²) in [6, 6.07) is 7.42. The molecule has 0 unspecified atom stereocenters. The second-order valence-corrected chi connectivity index (χ2v) is 8.65. The van der Waals surface area contributed by atoms with E-state index in [4.69, 9.17) is 0 Å². The van der Waals surface area contributed by atoms with E-state index in [9.17, 15) is 8.42 Å². The zero-order valence-corrected chi connectivity index (χ0v) is 16.6. The molecule has 0 amide bonds. The number of rotatable bonds is 4. The van der Waals surface area contributed by atoms with Crippen LogP contribution in [0.5, 0.6) is 0 Å². The van der Waals surface area contributed by atoms with E-state index < -0.39 is 10.0 Å². The Labute approximate surface area is 155 Å². The number of anilines is 2. The minimum Gasteiger partial charge on any atom is -0.354 e. The largest absolute Gasteiger partial charge is 0.354 e. The average Bonchev–Trinajstić information content (AvgIpc) is 2.54. The van der Waals surface area contributed by atoms with E-state index in [1.807, 2.05) is 39.0 Å². The molecule has 26 heavy (non-hydrogen) atoms. The Morgan fingerprint density at radius 1 is 1.00 bits per heavy atom. The Balaban J connectivity index is 1.78. The molecule has 1 aliphatic rings. The fourth-order valence-corrected chi connectivity index (χ4v) is 4.96. The van der Waals surface area contributed by atoms with Crippen molar-refractivity contribution in [2.24, 2.45) is 0 Å². The molecular weight excluding hydrogens is 348 g/mol. The van der Waals surface area contributed by atoms with Gasteiger partial charge in [0.05, 0.1) is 16.8 Å². The van der Waals surface area contributed by atoms with Crippen molar-refractivity contribution < 1.29 is 8.42 Å². The van der Waals surface area contributed by atoms with Gasteiger partial charge in [0.25, 0.3) is 10.0 Å². The number of benzene rings is 1. The molecule has 0 bridgehead atoms. The van der Waals surface area contributed by atoms with Crippen molar-refractivity contribution in [2.75, 3.05) is 42.8 Å². The van der Waals surface area contributed by atoms with Gasteiger partial charge in [0, 0.05) is 26.2 Å². The summed E-state index contributed by atoms with van der Waals surface area (Å²) in [6.07, 6.45) is 1.59. The van der Waals surface area contributed by atoms with Gasteiger partial charge in [-0.25, -0.2) is 13.4 Å². The first-order chi connectivity index (χ1) is 12.3. The number of aryl methyl sites for hydroxylation is 3. The van der Waals surface area contributed by atoms with Crippen LogP contribution in [0, 0.1) is 20.8 Å². The summed E-state index contributed by atoms with van der Waals surface area (Å²) in [7, 11) is -1.54. The first kappa shape index (κ1) is 18.7. The molecule has 0 spiro atoms. The fraction of sp³-hybridized carbons (Fsp3) is 0.421. The summed E-state index contributed by atoms with van der Waals surface area (Å²) < 4.78 is 28.3. The van der Waals surface area contributed by atoms with E-state index in [-0.39, 0.29) is 0 Å². The molecule has 140 valence electrons. The second-order valence-electron chi connectivity index (χ2n) is 7.03. The summed E-state index contributed by atoms with van der Waals surface area (Å²) in [6.45, 7) is 9.47. The summed E-state index contributed by atoms with van der Waals surface area (Å²) in [5, 5.41) is 0. The molecule has 0 saturated carbocycles. The summed E-state index contributed by atoms with van der Waals surface area (Å²) in [5.74, 6) is 0.878. The van der Waals surface area contributed by atoms with Gasteiger partial charge in [0.15, 0.2) is 0 Å². The maximum absolute atomic E-state index is 12.8. The highest BCUT2D eigenvalue weighted by molar-refractivity contribution is 7.92. The van der Waals surface area contributed by atoms with Gasteiger partial charge in [-0.1, -0.05) is 17.7 Å². The summed E-state index contributed by atoms with van der Waals surface area (Å²) in [4.78, 5) is 9.28. The highest BCUT2D eigenvalue weighted by Gasteiger charge is 2.21. The van der Waals surface area contributed by atoms with Crippen LogP contribution < -0.4 is 9.62 Å². The normalized spacial score (nSPS) is 15.9.